The number of hydrogen-bond donors (Lipinski definition) is 0. The number of fused-ring (bicyclic) bond motifs is 4. The Morgan fingerprint density at radius 3 is 1.35 bits per heavy atom. The topological polar surface area (TPSA) is 34.1 Å². The van der Waals surface area contributed by atoms with Crippen LogP contribution in [0.2, 0.25) is 0 Å². The highest BCUT2D eigenvalue weighted by molar-refractivity contribution is 5.94. The van der Waals surface area contributed by atoms with Crippen LogP contribution in [-0.4, -0.2) is 11.6 Å². The molecule has 0 spiro atoms. The lowest BCUT2D eigenvalue weighted by Crippen LogP contribution is -2.36. The van der Waals surface area contributed by atoms with Crippen LogP contribution in [0.4, 0.5) is 0 Å². The second-order valence-corrected chi connectivity index (χ2v) is 10.6. The highest BCUT2D eigenvalue weighted by Crippen LogP contribution is 2.70. The fourth-order valence-corrected chi connectivity index (χ4v) is 7.36. The lowest BCUT2D eigenvalue weighted by molar-refractivity contribution is -0.134. The van der Waals surface area contributed by atoms with Gasteiger partial charge in [-0.1, -0.05) is 41.5 Å². The van der Waals surface area contributed by atoms with Crippen molar-refractivity contribution >= 4 is 11.6 Å². The van der Waals surface area contributed by atoms with E-state index in [0.29, 0.717) is 23.4 Å². The van der Waals surface area contributed by atoms with Gasteiger partial charge in [-0.3, -0.25) is 9.59 Å². The summed E-state index contributed by atoms with van der Waals surface area (Å²) in [5.41, 5.74) is -0.0888. The molecule has 4 aliphatic carbocycles. The van der Waals surface area contributed by atoms with Gasteiger partial charge in [0.25, 0.3) is 0 Å². The van der Waals surface area contributed by atoms with Crippen LogP contribution in [0, 0.1) is 45.3 Å². The summed E-state index contributed by atoms with van der Waals surface area (Å²) in [6.07, 6.45) is 5.28. The molecule has 4 bridgehead atoms. The molecule has 0 aliphatic heterocycles. The predicted octanol–water partition coefficient (Wildman–Crippen LogP) is 4.66. The molecule has 2 heteroatoms. The molecular formula is C21H32O2. The Labute approximate surface area is 140 Å². The van der Waals surface area contributed by atoms with Gasteiger partial charge in [0.15, 0.2) is 0 Å². The zero-order valence-electron chi connectivity index (χ0n) is 15.7. The Balaban J connectivity index is 1.64. The Morgan fingerprint density at radius 2 is 1.09 bits per heavy atom. The molecule has 0 heterocycles. The van der Waals surface area contributed by atoms with Crippen LogP contribution >= 0.6 is 0 Å². The fraction of sp³-hybridized carbons (Fsp3) is 0.905. The highest BCUT2D eigenvalue weighted by Gasteiger charge is 2.70. The first kappa shape index (κ1) is 15.8. The van der Waals surface area contributed by atoms with Crippen LogP contribution < -0.4 is 0 Å². The summed E-state index contributed by atoms with van der Waals surface area (Å²) in [6, 6.07) is 0. The monoisotopic (exact) mass is 316 g/mol. The van der Waals surface area contributed by atoms with Crippen molar-refractivity contribution in [2.24, 2.45) is 45.3 Å². The van der Waals surface area contributed by atoms with Gasteiger partial charge in [0, 0.05) is 22.7 Å². The molecule has 0 aromatic heterocycles. The van der Waals surface area contributed by atoms with Crippen molar-refractivity contribution in [1.82, 2.24) is 0 Å². The van der Waals surface area contributed by atoms with Crippen LogP contribution in [0.3, 0.4) is 0 Å². The van der Waals surface area contributed by atoms with Crippen molar-refractivity contribution in [2.75, 3.05) is 0 Å². The van der Waals surface area contributed by atoms with E-state index in [0.717, 1.165) is 19.3 Å². The molecule has 4 rings (SSSR count). The third-order valence-corrected chi connectivity index (χ3v) is 9.85. The molecule has 0 aromatic rings. The largest absolute Gasteiger partial charge is 0.299 e. The second kappa shape index (κ2) is 4.11. The third kappa shape index (κ3) is 1.48. The molecule has 0 amide bonds. The van der Waals surface area contributed by atoms with Gasteiger partial charge in [-0.25, -0.2) is 0 Å². The Bertz CT molecular complexity index is 549. The summed E-state index contributed by atoms with van der Waals surface area (Å²) < 4.78 is 0. The van der Waals surface area contributed by atoms with Crippen molar-refractivity contribution in [3.8, 4) is 0 Å². The lowest BCUT2D eigenvalue weighted by atomic mass is 9.70. The van der Waals surface area contributed by atoms with E-state index in [1.54, 1.807) is 0 Å². The summed E-state index contributed by atoms with van der Waals surface area (Å²) >= 11 is 0. The molecule has 0 N–H and O–H groups in total. The van der Waals surface area contributed by atoms with Gasteiger partial charge < -0.3 is 0 Å². The summed E-state index contributed by atoms with van der Waals surface area (Å²) in [4.78, 5) is 26.3. The first-order valence-electron chi connectivity index (χ1n) is 9.57. The van der Waals surface area contributed by atoms with Crippen molar-refractivity contribution in [1.29, 1.82) is 0 Å². The van der Waals surface area contributed by atoms with E-state index in [-0.39, 0.29) is 33.5 Å². The minimum Gasteiger partial charge on any atom is -0.299 e. The van der Waals surface area contributed by atoms with Crippen LogP contribution in [0.1, 0.15) is 73.6 Å². The normalized spacial score (nSPS) is 52.6. The zero-order valence-corrected chi connectivity index (χ0v) is 15.7. The molecule has 0 saturated heterocycles. The quantitative estimate of drug-likeness (QED) is 0.742. The van der Waals surface area contributed by atoms with Gasteiger partial charge in [0.05, 0.1) is 0 Å². The summed E-state index contributed by atoms with van der Waals surface area (Å²) in [5, 5.41) is 0. The van der Waals surface area contributed by atoms with Gasteiger partial charge in [-0.05, 0) is 54.8 Å². The number of carbonyl (C=O) groups is 2. The molecule has 4 fully saturated rings. The van der Waals surface area contributed by atoms with E-state index in [2.05, 4.69) is 41.5 Å². The first-order chi connectivity index (χ1) is 10.5. The lowest BCUT2D eigenvalue weighted by Gasteiger charge is -2.32. The molecular weight excluding hydrogens is 284 g/mol. The molecule has 128 valence electrons. The van der Waals surface area contributed by atoms with Crippen molar-refractivity contribution in [3.05, 3.63) is 0 Å². The molecule has 0 unspecified atom stereocenters. The molecule has 23 heavy (non-hydrogen) atoms. The standard InChI is InChI=1S/C21H32O2/c1-18(2)14-7-9-20(18,5)16(22)12(14)11-13-15-8-10-21(6,17(13)23)19(15,3)4/h12-15H,7-11H2,1-6H3/t12-,13-,14-,15+,20-,21+/m1/s1. The van der Waals surface area contributed by atoms with Crippen LogP contribution in [0.5, 0.6) is 0 Å². The van der Waals surface area contributed by atoms with Crippen LogP contribution in [0.25, 0.3) is 0 Å². The van der Waals surface area contributed by atoms with Gasteiger partial charge >= 0.3 is 0 Å². The number of ketones is 2. The number of hydrogen-bond acceptors (Lipinski definition) is 2. The summed E-state index contributed by atoms with van der Waals surface area (Å²) in [5.74, 6) is 2.19. The predicted molar refractivity (Wildman–Crippen MR) is 90.8 cm³/mol. The maximum absolute atomic E-state index is 13.1. The average Bonchev–Trinajstić information content (AvgIpc) is 2.93. The Morgan fingerprint density at radius 1 is 0.739 bits per heavy atom. The van der Waals surface area contributed by atoms with Crippen LogP contribution in [-0.2, 0) is 9.59 Å². The summed E-state index contributed by atoms with van der Waals surface area (Å²) in [7, 11) is 0. The van der Waals surface area contributed by atoms with E-state index < -0.39 is 0 Å². The van der Waals surface area contributed by atoms with Crippen molar-refractivity contribution in [2.45, 2.75) is 73.6 Å². The van der Waals surface area contributed by atoms with Crippen molar-refractivity contribution < 1.29 is 9.59 Å². The SMILES string of the molecule is CC1(C)[C@H]2CC[C@@]1(C)C(=O)[C@@H]2C[C@H]1C(=O)[C@@]2(C)CC[C@H]1C2(C)C. The van der Waals surface area contributed by atoms with E-state index in [1.165, 1.54) is 12.8 Å². The van der Waals surface area contributed by atoms with E-state index in [4.69, 9.17) is 0 Å². The Hall–Kier alpha value is -0.660. The number of Topliss-reactive ketones (excluding diaryl/α,β-unsaturated/α-hetero) is 2. The van der Waals surface area contributed by atoms with Crippen molar-refractivity contribution in [3.63, 3.8) is 0 Å². The molecule has 2 nitrogen and oxygen atoms in total. The van der Waals surface area contributed by atoms with Gasteiger partial charge in [0.1, 0.15) is 11.6 Å². The smallest absolute Gasteiger partial charge is 0.142 e. The number of carbonyl (C=O) groups excluding carboxylic acids is 2. The van der Waals surface area contributed by atoms with Gasteiger partial charge in [0.2, 0.25) is 0 Å². The maximum atomic E-state index is 13.1. The molecule has 0 aromatic carbocycles. The van der Waals surface area contributed by atoms with Crippen LogP contribution in [0.15, 0.2) is 0 Å². The Kier molecular flexibility index (Phi) is 2.83. The third-order valence-electron chi connectivity index (χ3n) is 9.85. The second-order valence-electron chi connectivity index (χ2n) is 10.6. The van der Waals surface area contributed by atoms with E-state index in [9.17, 15) is 9.59 Å². The molecule has 4 aliphatic rings. The molecule has 6 atom stereocenters. The van der Waals surface area contributed by atoms with E-state index in [1.807, 2.05) is 0 Å². The first-order valence-corrected chi connectivity index (χ1v) is 9.57. The zero-order chi connectivity index (χ0) is 17.0. The number of rotatable bonds is 2. The molecule has 0 radical (unpaired) electrons. The summed E-state index contributed by atoms with van der Waals surface area (Å²) in [6.45, 7) is 13.5. The fourth-order valence-electron chi connectivity index (χ4n) is 7.36. The van der Waals surface area contributed by atoms with Gasteiger partial charge in [-0.2, -0.15) is 0 Å². The molecule has 4 saturated carbocycles. The van der Waals surface area contributed by atoms with Gasteiger partial charge in [-0.15, -0.1) is 0 Å². The highest BCUT2D eigenvalue weighted by atomic mass is 16.1. The van der Waals surface area contributed by atoms with E-state index >= 15 is 0 Å². The maximum Gasteiger partial charge on any atom is 0.142 e. The average molecular weight is 316 g/mol. The minimum atomic E-state index is -0.150. The minimum absolute atomic E-state index is 0.106.